The highest BCUT2D eigenvalue weighted by atomic mass is 19.1. The molecule has 1 rings (SSSR count). The molecule has 28 heavy (non-hydrogen) atoms. The van der Waals surface area contributed by atoms with Crippen LogP contribution in [0.5, 0.6) is 0 Å². The molecule has 0 saturated heterocycles. The third kappa shape index (κ3) is 6.70. The first-order valence-corrected chi connectivity index (χ1v) is 9.14. The standard InChI is InChI=1S/C22H32FN5/c1-14(2)20(13-27-24)19-12-18(8-9-21(19)23)10-15(3)28-16(4)11-22(26-7)17(5)25-6/h9-13,17,25-26,28H,3-4,8,24H2,1-2,5-7H3/b18-10+,22-11-,27-13-. The molecule has 0 aliphatic heterocycles. The van der Waals surface area contributed by atoms with E-state index in [9.17, 15) is 4.39 Å². The van der Waals surface area contributed by atoms with Gasteiger partial charge in [-0.05, 0) is 64.1 Å². The van der Waals surface area contributed by atoms with Crippen LogP contribution in [0.4, 0.5) is 4.39 Å². The molecule has 0 amide bonds. The van der Waals surface area contributed by atoms with E-state index in [0.29, 0.717) is 29.0 Å². The van der Waals surface area contributed by atoms with Crippen molar-refractivity contribution >= 4 is 6.21 Å². The summed E-state index contributed by atoms with van der Waals surface area (Å²) in [6.07, 6.45) is 9.10. The third-order valence-corrected chi connectivity index (χ3v) is 4.34. The first-order valence-electron chi connectivity index (χ1n) is 9.14. The highest BCUT2D eigenvalue weighted by molar-refractivity contribution is 5.87. The molecule has 152 valence electrons. The highest BCUT2D eigenvalue weighted by Gasteiger charge is 2.15. The monoisotopic (exact) mass is 385 g/mol. The molecule has 0 radical (unpaired) electrons. The van der Waals surface area contributed by atoms with E-state index >= 15 is 0 Å². The third-order valence-electron chi connectivity index (χ3n) is 4.34. The Morgan fingerprint density at radius 1 is 1.29 bits per heavy atom. The summed E-state index contributed by atoms with van der Waals surface area (Å²) in [5.41, 5.74) is 5.37. The molecular weight excluding hydrogens is 353 g/mol. The van der Waals surface area contributed by atoms with Crippen molar-refractivity contribution < 1.29 is 4.39 Å². The maximum atomic E-state index is 14.4. The second-order valence-corrected chi connectivity index (χ2v) is 6.76. The summed E-state index contributed by atoms with van der Waals surface area (Å²) < 4.78 is 14.4. The quantitative estimate of drug-likeness (QED) is 0.211. The minimum absolute atomic E-state index is 0.166. The second kappa shape index (κ2) is 11.1. The van der Waals surface area contributed by atoms with Gasteiger partial charge in [-0.15, -0.1) is 0 Å². The van der Waals surface area contributed by atoms with Crippen molar-refractivity contribution in [3.8, 4) is 0 Å². The van der Waals surface area contributed by atoms with Crippen LogP contribution < -0.4 is 21.8 Å². The van der Waals surface area contributed by atoms with Gasteiger partial charge in [-0.2, -0.15) is 5.10 Å². The lowest BCUT2D eigenvalue weighted by molar-refractivity contribution is 0.646. The number of hydrogen-bond donors (Lipinski definition) is 4. The smallest absolute Gasteiger partial charge is 0.127 e. The van der Waals surface area contributed by atoms with Crippen molar-refractivity contribution in [2.24, 2.45) is 10.9 Å². The average molecular weight is 386 g/mol. The van der Waals surface area contributed by atoms with Crippen molar-refractivity contribution in [3.63, 3.8) is 0 Å². The van der Waals surface area contributed by atoms with Gasteiger partial charge in [-0.1, -0.05) is 18.7 Å². The molecule has 5 nitrogen and oxygen atoms in total. The number of halogens is 1. The lowest BCUT2D eigenvalue weighted by Crippen LogP contribution is -2.30. The minimum Gasteiger partial charge on any atom is -0.390 e. The zero-order valence-corrected chi connectivity index (χ0v) is 17.5. The van der Waals surface area contributed by atoms with E-state index in [1.165, 1.54) is 6.21 Å². The predicted molar refractivity (Wildman–Crippen MR) is 118 cm³/mol. The summed E-state index contributed by atoms with van der Waals surface area (Å²) in [4.78, 5) is 0. The van der Waals surface area contributed by atoms with Crippen LogP contribution in [0.3, 0.4) is 0 Å². The summed E-state index contributed by atoms with van der Waals surface area (Å²) >= 11 is 0. The SMILES string of the molecule is C=C(/C=C(\NC)C(C)NC)NC(=C)/C=C1/C=C(C(/C=N\N)=C(C)C)C(F)=CC1. The maximum absolute atomic E-state index is 14.4. The Bertz CT molecular complexity index is 790. The summed E-state index contributed by atoms with van der Waals surface area (Å²) in [5, 5.41) is 13.0. The molecular formula is C22H32FN5. The van der Waals surface area contributed by atoms with E-state index in [4.69, 9.17) is 5.84 Å². The highest BCUT2D eigenvalue weighted by Crippen LogP contribution is 2.30. The Balaban J connectivity index is 3.01. The van der Waals surface area contributed by atoms with E-state index in [1.807, 2.05) is 47.0 Å². The largest absolute Gasteiger partial charge is 0.390 e. The molecule has 6 heteroatoms. The molecule has 0 aromatic rings. The lowest BCUT2D eigenvalue weighted by atomic mass is 9.93. The van der Waals surface area contributed by atoms with Gasteiger partial charge in [-0.25, -0.2) is 4.39 Å². The number of nitrogens with one attached hydrogen (secondary N) is 3. The van der Waals surface area contributed by atoms with Crippen LogP contribution in [0.25, 0.3) is 0 Å². The van der Waals surface area contributed by atoms with Crippen molar-refractivity contribution in [1.29, 1.82) is 0 Å². The Labute approximate surface area is 168 Å². The van der Waals surface area contributed by atoms with E-state index in [2.05, 4.69) is 34.2 Å². The minimum atomic E-state index is -0.279. The van der Waals surface area contributed by atoms with Crippen LogP contribution in [0.2, 0.25) is 0 Å². The predicted octanol–water partition coefficient (Wildman–Crippen LogP) is 3.71. The molecule has 0 aromatic heterocycles. The topological polar surface area (TPSA) is 74.5 Å². The van der Waals surface area contributed by atoms with Gasteiger partial charge in [0.25, 0.3) is 0 Å². The number of nitrogens with two attached hydrogens (primary N) is 1. The van der Waals surface area contributed by atoms with Crippen LogP contribution in [0.1, 0.15) is 27.2 Å². The first-order chi connectivity index (χ1) is 13.2. The Morgan fingerprint density at radius 2 is 1.96 bits per heavy atom. The Kier molecular flexibility index (Phi) is 9.18. The molecule has 5 N–H and O–H groups in total. The number of hydrazone groups is 1. The molecule has 1 unspecified atom stereocenters. The van der Waals surface area contributed by atoms with E-state index in [-0.39, 0.29) is 11.9 Å². The Morgan fingerprint density at radius 3 is 2.50 bits per heavy atom. The zero-order valence-electron chi connectivity index (χ0n) is 17.5. The van der Waals surface area contributed by atoms with Gasteiger partial charge in [0.2, 0.25) is 0 Å². The molecule has 0 fully saturated rings. The van der Waals surface area contributed by atoms with Gasteiger partial charge in [0.05, 0.1) is 6.21 Å². The van der Waals surface area contributed by atoms with Crippen LogP contribution in [0, 0.1) is 0 Å². The van der Waals surface area contributed by atoms with Crippen molar-refractivity contribution in [1.82, 2.24) is 16.0 Å². The summed E-state index contributed by atoms with van der Waals surface area (Å²) in [6.45, 7) is 13.9. The van der Waals surface area contributed by atoms with E-state index < -0.39 is 0 Å². The summed E-state index contributed by atoms with van der Waals surface area (Å²) in [5.74, 6) is 5.00. The van der Waals surface area contributed by atoms with Gasteiger partial charge < -0.3 is 21.8 Å². The number of nitrogens with zero attached hydrogens (tertiary/aromatic N) is 1. The van der Waals surface area contributed by atoms with Crippen molar-refractivity contribution in [3.05, 3.63) is 82.7 Å². The molecule has 1 atom stereocenters. The normalized spacial score (nSPS) is 17.1. The lowest BCUT2D eigenvalue weighted by Gasteiger charge is -2.17. The molecule has 0 aromatic carbocycles. The van der Waals surface area contributed by atoms with Gasteiger partial charge >= 0.3 is 0 Å². The second-order valence-electron chi connectivity index (χ2n) is 6.76. The fourth-order valence-electron chi connectivity index (χ4n) is 2.74. The molecule has 0 bridgehead atoms. The summed E-state index contributed by atoms with van der Waals surface area (Å²) in [6, 6.07) is 0.166. The van der Waals surface area contributed by atoms with E-state index in [1.54, 1.807) is 12.2 Å². The molecule has 0 heterocycles. The van der Waals surface area contributed by atoms with Crippen LogP contribution in [-0.4, -0.2) is 26.4 Å². The van der Waals surface area contributed by atoms with Crippen molar-refractivity contribution in [2.75, 3.05) is 14.1 Å². The number of hydrogen-bond acceptors (Lipinski definition) is 5. The first kappa shape index (κ1) is 23.2. The van der Waals surface area contributed by atoms with Crippen molar-refractivity contribution in [2.45, 2.75) is 33.2 Å². The summed E-state index contributed by atoms with van der Waals surface area (Å²) in [7, 11) is 3.76. The van der Waals surface area contributed by atoms with Gasteiger partial charge in [-0.3, -0.25) is 0 Å². The molecule has 1 aliphatic rings. The zero-order chi connectivity index (χ0) is 21.3. The number of rotatable bonds is 9. The fraction of sp³-hybridized carbons (Fsp3) is 0.318. The van der Waals surface area contributed by atoms with Crippen LogP contribution >= 0.6 is 0 Å². The van der Waals surface area contributed by atoms with E-state index in [0.717, 1.165) is 16.8 Å². The molecule has 0 saturated carbocycles. The number of likely N-dealkylation sites (N-methyl/N-ethyl adjacent to an activating group) is 2. The Hall–Kier alpha value is -2.86. The maximum Gasteiger partial charge on any atom is 0.127 e. The van der Waals surface area contributed by atoms with Crippen LogP contribution in [0.15, 0.2) is 87.8 Å². The number of allylic oxidation sites excluding steroid dienone is 9. The average Bonchev–Trinajstić information content (AvgIpc) is 2.64. The van der Waals surface area contributed by atoms with Crippen LogP contribution in [-0.2, 0) is 0 Å². The van der Waals surface area contributed by atoms with Gasteiger partial charge in [0, 0.05) is 41.3 Å². The van der Waals surface area contributed by atoms with Gasteiger partial charge in [0.1, 0.15) is 5.83 Å². The molecule has 1 aliphatic carbocycles. The fourth-order valence-corrected chi connectivity index (χ4v) is 2.74. The molecule has 0 spiro atoms. The van der Waals surface area contributed by atoms with Gasteiger partial charge in [0.15, 0.2) is 0 Å².